The second-order valence-electron chi connectivity index (χ2n) is 5.68. The molecule has 3 rings (SSSR count). The average molecular weight is 345 g/mol. The maximum atomic E-state index is 12.3. The molecule has 1 aromatic carbocycles. The molecule has 1 aromatic rings. The van der Waals surface area contributed by atoms with Crippen LogP contribution in [0.25, 0.3) is 0 Å². The Kier molecular flexibility index (Phi) is 4.25. The zero-order valence-corrected chi connectivity index (χ0v) is 13.6. The Balaban J connectivity index is 1.83. The van der Waals surface area contributed by atoms with Crippen LogP contribution < -0.4 is 14.8 Å². The molecule has 1 unspecified atom stereocenters. The summed E-state index contributed by atoms with van der Waals surface area (Å²) < 4.78 is 54.2. The van der Waals surface area contributed by atoms with Crippen LogP contribution in [-0.2, 0) is 20.0 Å². The molecule has 1 atom stereocenters. The largest absolute Gasteiger partial charge is 0.315 e. The molecule has 7 nitrogen and oxygen atoms in total. The van der Waals surface area contributed by atoms with Crippen molar-refractivity contribution in [2.75, 3.05) is 13.1 Å². The number of hydrogen-bond donors (Lipinski definition) is 3. The fourth-order valence-corrected chi connectivity index (χ4v) is 5.08. The summed E-state index contributed by atoms with van der Waals surface area (Å²) in [6.07, 6.45) is 2.38. The minimum atomic E-state index is -3.72. The lowest BCUT2D eigenvalue weighted by Crippen LogP contribution is -2.36. The first-order valence-corrected chi connectivity index (χ1v) is 10.2. The second kappa shape index (κ2) is 5.89. The molecular weight excluding hydrogens is 326 g/mol. The van der Waals surface area contributed by atoms with Crippen molar-refractivity contribution in [3.63, 3.8) is 0 Å². The van der Waals surface area contributed by atoms with Gasteiger partial charge in [-0.25, -0.2) is 26.3 Å². The average Bonchev–Trinajstić information content (AvgIpc) is 3.11. The molecule has 0 spiro atoms. The summed E-state index contributed by atoms with van der Waals surface area (Å²) in [5.41, 5.74) is 0. The normalized spacial score (nSPS) is 22.8. The van der Waals surface area contributed by atoms with Gasteiger partial charge in [0.2, 0.25) is 20.0 Å². The molecule has 3 N–H and O–H groups in total. The van der Waals surface area contributed by atoms with Crippen molar-refractivity contribution in [3.8, 4) is 0 Å². The van der Waals surface area contributed by atoms with E-state index >= 15 is 0 Å². The van der Waals surface area contributed by atoms with Gasteiger partial charge in [0, 0.05) is 18.6 Å². The first-order valence-electron chi connectivity index (χ1n) is 7.22. The molecule has 122 valence electrons. The lowest BCUT2D eigenvalue weighted by atomic mass is 10.3. The van der Waals surface area contributed by atoms with Crippen molar-refractivity contribution in [1.29, 1.82) is 0 Å². The van der Waals surface area contributed by atoms with Gasteiger partial charge >= 0.3 is 0 Å². The Morgan fingerprint density at radius 1 is 0.909 bits per heavy atom. The van der Waals surface area contributed by atoms with Gasteiger partial charge in [0.25, 0.3) is 0 Å². The molecule has 9 heteroatoms. The van der Waals surface area contributed by atoms with Crippen molar-refractivity contribution >= 4 is 20.0 Å². The molecular formula is C13H19N3O4S2. The highest BCUT2D eigenvalue weighted by Crippen LogP contribution is 2.23. The number of benzene rings is 1. The summed E-state index contributed by atoms with van der Waals surface area (Å²) in [7, 11) is -7.38. The van der Waals surface area contributed by atoms with Crippen molar-refractivity contribution in [1.82, 2.24) is 14.8 Å². The third-order valence-corrected chi connectivity index (χ3v) is 6.74. The molecule has 0 aromatic heterocycles. The molecule has 1 saturated carbocycles. The fraction of sp³-hybridized carbons (Fsp3) is 0.538. The van der Waals surface area contributed by atoms with Gasteiger partial charge in [-0.2, -0.15) is 0 Å². The summed E-state index contributed by atoms with van der Waals surface area (Å²) in [5.74, 6) is 0. The highest BCUT2D eigenvalue weighted by Gasteiger charge is 2.29. The topological polar surface area (TPSA) is 104 Å². The number of hydrogen-bond acceptors (Lipinski definition) is 5. The van der Waals surface area contributed by atoms with Gasteiger partial charge in [0.05, 0.1) is 9.79 Å². The van der Waals surface area contributed by atoms with E-state index in [0.29, 0.717) is 6.54 Å². The van der Waals surface area contributed by atoms with Gasteiger partial charge in [0.1, 0.15) is 0 Å². The van der Waals surface area contributed by atoms with E-state index in [0.717, 1.165) is 25.8 Å². The van der Waals surface area contributed by atoms with Crippen molar-refractivity contribution < 1.29 is 16.8 Å². The first kappa shape index (κ1) is 15.9. The highest BCUT2D eigenvalue weighted by molar-refractivity contribution is 7.90. The van der Waals surface area contributed by atoms with Crippen LogP contribution in [0.4, 0.5) is 0 Å². The molecule has 0 radical (unpaired) electrons. The van der Waals surface area contributed by atoms with Gasteiger partial charge in [-0.05, 0) is 44.0 Å². The SMILES string of the molecule is O=S(=O)(NC1CC1)c1cccc(S(=O)(=O)NC2CCNC2)c1. The highest BCUT2D eigenvalue weighted by atomic mass is 32.2. The Morgan fingerprint density at radius 2 is 1.50 bits per heavy atom. The van der Waals surface area contributed by atoms with Crippen LogP contribution >= 0.6 is 0 Å². The lowest BCUT2D eigenvalue weighted by molar-refractivity contribution is 0.560. The Morgan fingerprint density at radius 3 is 2.00 bits per heavy atom. The van der Waals surface area contributed by atoms with E-state index in [2.05, 4.69) is 14.8 Å². The zero-order valence-electron chi connectivity index (χ0n) is 11.9. The molecule has 1 saturated heterocycles. The Bertz CT molecular complexity index is 751. The summed E-state index contributed by atoms with van der Waals surface area (Å²) >= 11 is 0. The summed E-state index contributed by atoms with van der Waals surface area (Å²) in [5, 5.41) is 3.08. The van der Waals surface area contributed by atoms with Crippen molar-refractivity contribution in [2.24, 2.45) is 0 Å². The number of nitrogens with one attached hydrogen (secondary N) is 3. The van der Waals surface area contributed by atoms with E-state index in [-0.39, 0.29) is 21.9 Å². The number of rotatable bonds is 6. The summed E-state index contributed by atoms with van der Waals surface area (Å²) in [4.78, 5) is -0.0510. The van der Waals surface area contributed by atoms with E-state index in [9.17, 15) is 16.8 Å². The van der Waals surface area contributed by atoms with E-state index in [4.69, 9.17) is 0 Å². The third kappa shape index (κ3) is 3.66. The van der Waals surface area contributed by atoms with Crippen LogP contribution in [0.1, 0.15) is 19.3 Å². The Labute approximate surface area is 130 Å². The van der Waals surface area contributed by atoms with E-state index in [1.807, 2.05) is 0 Å². The van der Waals surface area contributed by atoms with E-state index in [1.54, 1.807) is 0 Å². The quantitative estimate of drug-likeness (QED) is 0.660. The molecule has 1 heterocycles. The van der Waals surface area contributed by atoms with Crippen molar-refractivity contribution in [3.05, 3.63) is 24.3 Å². The maximum Gasteiger partial charge on any atom is 0.240 e. The molecule has 2 aliphatic rings. The summed E-state index contributed by atoms with van der Waals surface area (Å²) in [6, 6.07) is 5.28. The second-order valence-corrected chi connectivity index (χ2v) is 9.11. The minimum absolute atomic E-state index is 0.0204. The van der Waals surface area contributed by atoms with Gasteiger partial charge in [-0.3, -0.25) is 0 Å². The van der Waals surface area contributed by atoms with Crippen LogP contribution in [-0.4, -0.2) is 42.0 Å². The van der Waals surface area contributed by atoms with E-state index < -0.39 is 20.0 Å². The van der Waals surface area contributed by atoms with Crippen molar-refractivity contribution in [2.45, 2.75) is 41.1 Å². The zero-order chi connectivity index (χ0) is 15.8. The van der Waals surface area contributed by atoms with Gasteiger partial charge < -0.3 is 5.32 Å². The summed E-state index contributed by atoms with van der Waals surface area (Å²) in [6.45, 7) is 1.35. The van der Waals surface area contributed by atoms with Crippen LogP contribution in [0, 0.1) is 0 Å². The predicted octanol–water partition coefficient (Wildman–Crippen LogP) is -0.232. The monoisotopic (exact) mass is 345 g/mol. The standard InChI is InChI=1S/C13H19N3O4S2/c17-21(18,15-10-4-5-10)12-2-1-3-13(8-12)22(19,20)16-11-6-7-14-9-11/h1-3,8,10-11,14-16H,4-7,9H2. The van der Waals surface area contributed by atoms with Gasteiger partial charge in [-0.15, -0.1) is 0 Å². The molecule has 22 heavy (non-hydrogen) atoms. The van der Waals surface area contributed by atoms with E-state index in [1.165, 1.54) is 24.3 Å². The smallest absolute Gasteiger partial charge is 0.240 e. The minimum Gasteiger partial charge on any atom is -0.315 e. The third-order valence-electron chi connectivity index (χ3n) is 3.71. The molecule has 1 aliphatic carbocycles. The van der Waals surface area contributed by atoms with Crippen LogP contribution in [0.5, 0.6) is 0 Å². The predicted molar refractivity (Wildman–Crippen MR) is 81.4 cm³/mol. The molecule has 0 amide bonds. The van der Waals surface area contributed by atoms with Gasteiger partial charge in [-0.1, -0.05) is 6.07 Å². The molecule has 0 bridgehead atoms. The first-order chi connectivity index (χ1) is 10.4. The van der Waals surface area contributed by atoms with Gasteiger partial charge in [0.15, 0.2) is 0 Å². The van der Waals surface area contributed by atoms with Crippen LogP contribution in [0.2, 0.25) is 0 Å². The molecule has 2 fully saturated rings. The lowest BCUT2D eigenvalue weighted by Gasteiger charge is -2.13. The van der Waals surface area contributed by atoms with Crippen LogP contribution in [0.3, 0.4) is 0 Å². The van der Waals surface area contributed by atoms with Crippen LogP contribution in [0.15, 0.2) is 34.1 Å². The maximum absolute atomic E-state index is 12.3. The number of sulfonamides is 2. The molecule has 1 aliphatic heterocycles. The Hall–Kier alpha value is -1.00. The fourth-order valence-electron chi connectivity index (χ4n) is 2.34.